The van der Waals surface area contributed by atoms with E-state index in [0.717, 1.165) is 0 Å². The molecule has 0 saturated heterocycles. The zero-order chi connectivity index (χ0) is 14.4. The zero-order valence-electron chi connectivity index (χ0n) is 8.83. The van der Waals surface area contributed by atoms with Gasteiger partial charge in [0.25, 0.3) is 0 Å². The third-order valence-corrected chi connectivity index (χ3v) is 2.37. The normalized spacial score (nSPS) is 16.5. The van der Waals surface area contributed by atoms with E-state index in [1.54, 1.807) is 0 Å². The van der Waals surface area contributed by atoms with E-state index in [-0.39, 0.29) is 25.1 Å². The molecule has 1 nitrogen and oxygen atoms in total. The van der Waals surface area contributed by atoms with Crippen LogP contribution in [0.4, 0.5) is 30.7 Å². The Kier molecular flexibility index (Phi) is 3.37. The van der Waals surface area contributed by atoms with Crippen LogP contribution in [0.5, 0.6) is 0 Å². The Morgan fingerprint density at radius 2 is 1.50 bits per heavy atom. The van der Waals surface area contributed by atoms with Crippen molar-refractivity contribution < 1.29 is 35.8 Å². The van der Waals surface area contributed by atoms with Crippen LogP contribution >= 0.6 is 0 Å². The molecule has 0 saturated carbocycles. The molecule has 0 aromatic heterocycles. The molecular formula is C10H7F7O. The predicted molar refractivity (Wildman–Crippen MR) is 47.0 cm³/mol. The summed E-state index contributed by atoms with van der Waals surface area (Å²) >= 11 is 0. The Hall–Kier alpha value is -1.31. The first-order valence-corrected chi connectivity index (χ1v) is 4.53. The van der Waals surface area contributed by atoms with Gasteiger partial charge in [-0.15, -0.1) is 0 Å². The predicted octanol–water partition coefficient (Wildman–Crippen LogP) is 3.61. The van der Waals surface area contributed by atoms with E-state index in [1.807, 2.05) is 0 Å². The first-order chi connectivity index (χ1) is 7.87. The molecule has 1 atom stereocenters. The van der Waals surface area contributed by atoms with Crippen LogP contribution in [-0.4, -0.2) is 11.3 Å². The molecule has 1 rings (SSSR count). The number of hydrogen-bond acceptors (Lipinski definition) is 1. The third kappa shape index (κ3) is 2.58. The Balaban J connectivity index is 3.31. The second kappa shape index (κ2) is 4.11. The van der Waals surface area contributed by atoms with E-state index in [4.69, 9.17) is 5.11 Å². The second-order valence-electron chi connectivity index (χ2n) is 3.76. The summed E-state index contributed by atoms with van der Waals surface area (Å²) in [5, 5.41) is 9.15. The lowest BCUT2D eigenvalue weighted by atomic mass is 9.93. The monoisotopic (exact) mass is 276 g/mol. The summed E-state index contributed by atoms with van der Waals surface area (Å²) in [4.78, 5) is 0. The van der Waals surface area contributed by atoms with Crippen LogP contribution in [0, 0.1) is 5.82 Å². The fourth-order valence-corrected chi connectivity index (χ4v) is 1.24. The van der Waals surface area contributed by atoms with Crippen molar-refractivity contribution in [3.63, 3.8) is 0 Å². The van der Waals surface area contributed by atoms with E-state index < -0.39 is 34.9 Å². The fourth-order valence-electron chi connectivity index (χ4n) is 1.24. The van der Waals surface area contributed by atoms with Crippen LogP contribution in [0.3, 0.4) is 0 Å². The molecule has 1 aromatic rings. The molecule has 0 heterocycles. The minimum atomic E-state index is -5.20. The van der Waals surface area contributed by atoms with E-state index in [2.05, 4.69) is 0 Å². The summed E-state index contributed by atoms with van der Waals surface area (Å²) in [6.45, 7) is 0.263. The number of alkyl halides is 6. The maximum absolute atomic E-state index is 13.2. The van der Waals surface area contributed by atoms with Crippen LogP contribution in [0.25, 0.3) is 0 Å². The summed E-state index contributed by atoms with van der Waals surface area (Å²) in [6, 6.07) is 0.458. The molecule has 0 bridgehead atoms. The van der Waals surface area contributed by atoms with Crippen molar-refractivity contribution in [2.75, 3.05) is 0 Å². The van der Waals surface area contributed by atoms with Crippen molar-refractivity contribution >= 4 is 0 Å². The summed E-state index contributed by atoms with van der Waals surface area (Å²) in [5.74, 6) is -1.77. The Morgan fingerprint density at radius 1 is 1.00 bits per heavy atom. The van der Waals surface area contributed by atoms with Gasteiger partial charge in [0.1, 0.15) is 5.82 Å². The van der Waals surface area contributed by atoms with Gasteiger partial charge in [-0.25, -0.2) is 4.39 Å². The maximum atomic E-state index is 13.2. The SMILES string of the molecule is CC(O)(c1ccc(C(F)(F)F)cc1F)C(F)(F)F. The molecule has 18 heavy (non-hydrogen) atoms. The summed E-state index contributed by atoms with van der Waals surface area (Å²) in [6.07, 6.45) is -10.1. The van der Waals surface area contributed by atoms with Crippen LogP contribution in [0.1, 0.15) is 18.1 Å². The van der Waals surface area contributed by atoms with Crippen LogP contribution in [0.2, 0.25) is 0 Å². The molecule has 0 aliphatic rings. The Labute approximate surface area is 96.8 Å². The van der Waals surface area contributed by atoms with Crippen molar-refractivity contribution in [1.29, 1.82) is 0 Å². The first-order valence-electron chi connectivity index (χ1n) is 4.53. The summed E-state index contributed by atoms with van der Waals surface area (Å²) in [5.41, 5.74) is -6.24. The van der Waals surface area contributed by atoms with Gasteiger partial charge < -0.3 is 5.11 Å². The maximum Gasteiger partial charge on any atom is 0.421 e. The third-order valence-electron chi connectivity index (χ3n) is 2.37. The van der Waals surface area contributed by atoms with Gasteiger partial charge in [0, 0.05) is 5.56 Å². The summed E-state index contributed by atoms with van der Waals surface area (Å²) < 4.78 is 87.0. The topological polar surface area (TPSA) is 20.2 Å². The van der Waals surface area contributed by atoms with Gasteiger partial charge in [-0.2, -0.15) is 26.3 Å². The molecule has 0 spiro atoms. The lowest BCUT2D eigenvalue weighted by Gasteiger charge is -2.27. The minimum absolute atomic E-state index is 0.0878. The highest BCUT2D eigenvalue weighted by Gasteiger charge is 2.52. The number of rotatable bonds is 1. The highest BCUT2D eigenvalue weighted by atomic mass is 19.4. The van der Waals surface area contributed by atoms with Crippen LogP contribution in [0.15, 0.2) is 18.2 Å². The molecule has 1 unspecified atom stereocenters. The second-order valence-corrected chi connectivity index (χ2v) is 3.76. The van der Waals surface area contributed by atoms with Crippen molar-refractivity contribution in [3.8, 4) is 0 Å². The average Bonchev–Trinajstić information content (AvgIpc) is 2.13. The Morgan fingerprint density at radius 3 is 1.83 bits per heavy atom. The number of hydrogen-bond donors (Lipinski definition) is 1. The molecule has 102 valence electrons. The van der Waals surface area contributed by atoms with E-state index >= 15 is 0 Å². The molecule has 0 amide bonds. The zero-order valence-corrected chi connectivity index (χ0v) is 8.83. The molecule has 8 heteroatoms. The molecule has 1 N–H and O–H groups in total. The highest BCUT2D eigenvalue weighted by Crippen LogP contribution is 2.40. The van der Waals surface area contributed by atoms with Gasteiger partial charge in [0.15, 0.2) is 5.60 Å². The number of benzene rings is 1. The van der Waals surface area contributed by atoms with Crippen LogP contribution in [-0.2, 0) is 11.8 Å². The molecule has 0 radical (unpaired) electrons. The van der Waals surface area contributed by atoms with E-state index in [1.165, 1.54) is 0 Å². The lowest BCUT2D eigenvalue weighted by molar-refractivity contribution is -0.259. The number of aliphatic hydroxyl groups is 1. The summed E-state index contributed by atoms with van der Waals surface area (Å²) in [7, 11) is 0. The molecule has 0 aliphatic heterocycles. The van der Waals surface area contributed by atoms with Gasteiger partial charge in [-0.3, -0.25) is 0 Å². The van der Waals surface area contributed by atoms with Gasteiger partial charge in [-0.1, -0.05) is 6.07 Å². The average molecular weight is 276 g/mol. The fraction of sp³-hybridized carbons (Fsp3) is 0.400. The highest BCUT2D eigenvalue weighted by molar-refractivity contribution is 5.31. The van der Waals surface area contributed by atoms with Gasteiger partial charge >= 0.3 is 12.4 Å². The largest absolute Gasteiger partial charge is 0.421 e. The quantitative estimate of drug-likeness (QED) is 0.777. The van der Waals surface area contributed by atoms with Gasteiger partial charge in [0.2, 0.25) is 0 Å². The number of halogens is 7. The first kappa shape index (κ1) is 14.7. The van der Waals surface area contributed by atoms with E-state index in [9.17, 15) is 30.7 Å². The molecule has 0 fully saturated rings. The van der Waals surface area contributed by atoms with Crippen molar-refractivity contribution in [2.45, 2.75) is 24.9 Å². The molecular weight excluding hydrogens is 269 g/mol. The van der Waals surface area contributed by atoms with E-state index in [0.29, 0.717) is 0 Å². The molecule has 1 aromatic carbocycles. The molecule has 0 aliphatic carbocycles. The van der Waals surface area contributed by atoms with Crippen molar-refractivity contribution in [3.05, 3.63) is 35.1 Å². The van der Waals surface area contributed by atoms with Gasteiger partial charge in [0.05, 0.1) is 5.56 Å². The Bertz CT molecular complexity index is 445. The van der Waals surface area contributed by atoms with Crippen molar-refractivity contribution in [2.24, 2.45) is 0 Å². The lowest BCUT2D eigenvalue weighted by Crippen LogP contribution is -2.40. The smallest absolute Gasteiger partial charge is 0.376 e. The van der Waals surface area contributed by atoms with Crippen LogP contribution < -0.4 is 0 Å². The minimum Gasteiger partial charge on any atom is -0.376 e. The standard InChI is InChI=1S/C10H7F7O/c1-8(18,10(15,16)17)6-3-2-5(4-7(6)11)9(12,13)14/h2-4,18H,1H3. The van der Waals surface area contributed by atoms with Gasteiger partial charge in [-0.05, 0) is 19.1 Å². The van der Waals surface area contributed by atoms with Crippen molar-refractivity contribution in [1.82, 2.24) is 0 Å².